The lowest BCUT2D eigenvalue weighted by molar-refractivity contribution is -0.929. The van der Waals surface area contributed by atoms with Crippen LogP contribution in [0.2, 0.25) is 0 Å². The summed E-state index contributed by atoms with van der Waals surface area (Å²) in [5, 5.41) is 0. The standard InChI is InChI=1S/C18H15BO3.C16H36N/c1-4-10-16(11-5-1)20-19(21-17-12-6-2-7-13-17)22-18-14-8-3-9-15-18;1-5-9-13-17(14-10-6-2,15-11-7-3)16-12-8-4/h1-15H;5-16H2,1-4H3/q;+1. The predicted octanol–water partition coefficient (Wildman–Crippen LogP) is 9.21. The van der Waals surface area contributed by atoms with Crippen LogP contribution in [-0.2, 0) is 0 Å². The van der Waals surface area contributed by atoms with Gasteiger partial charge in [-0.3, -0.25) is 0 Å². The zero-order valence-corrected chi connectivity index (χ0v) is 24.9. The topological polar surface area (TPSA) is 27.7 Å². The third kappa shape index (κ3) is 13.6. The maximum atomic E-state index is 5.78. The van der Waals surface area contributed by atoms with E-state index < -0.39 is 7.32 Å². The summed E-state index contributed by atoms with van der Waals surface area (Å²) >= 11 is 0. The molecule has 3 rings (SSSR count). The number of quaternary nitrogens is 1. The summed E-state index contributed by atoms with van der Waals surface area (Å²) in [4.78, 5) is 0. The fraction of sp³-hybridized carbons (Fsp3) is 0.471. The van der Waals surface area contributed by atoms with E-state index in [0.29, 0.717) is 17.2 Å². The van der Waals surface area contributed by atoms with Crippen LogP contribution in [-0.4, -0.2) is 38.0 Å². The summed E-state index contributed by atoms with van der Waals surface area (Å²) in [6, 6.07) is 28.3. The van der Waals surface area contributed by atoms with Crippen molar-refractivity contribution >= 4 is 7.32 Å². The minimum atomic E-state index is -0.868. The molecule has 5 heteroatoms. The molecule has 0 amide bonds. The van der Waals surface area contributed by atoms with Crippen molar-refractivity contribution in [1.82, 2.24) is 0 Å². The van der Waals surface area contributed by atoms with E-state index in [1.165, 1.54) is 82.0 Å². The van der Waals surface area contributed by atoms with Gasteiger partial charge >= 0.3 is 7.32 Å². The maximum Gasteiger partial charge on any atom is 0.864 e. The average Bonchev–Trinajstić information content (AvgIpc) is 2.98. The summed E-state index contributed by atoms with van der Waals surface area (Å²) in [5.74, 6) is 2.04. The minimum Gasteiger partial charge on any atom is -0.490 e. The highest BCUT2D eigenvalue weighted by molar-refractivity contribution is 6.39. The normalized spacial score (nSPS) is 10.8. The number of para-hydroxylation sites is 3. The van der Waals surface area contributed by atoms with Gasteiger partial charge in [0.15, 0.2) is 0 Å². The van der Waals surface area contributed by atoms with E-state index in [4.69, 9.17) is 14.0 Å². The summed E-state index contributed by atoms with van der Waals surface area (Å²) in [5.41, 5.74) is 0. The average molecular weight is 533 g/mol. The van der Waals surface area contributed by atoms with Gasteiger partial charge in [-0.2, -0.15) is 0 Å². The van der Waals surface area contributed by atoms with Crippen LogP contribution in [0.5, 0.6) is 17.2 Å². The number of nitrogens with zero attached hydrogens (tertiary/aromatic N) is 1. The molecule has 0 N–H and O–H groups in total. The molecule has 0 heterocycles. The number of unbranched alkanes of at least 4 members (excludes halogenated alkanes) is 4. The lowest BCUT2D eigenvalue weighted by Gasteiger charge is -2.39. The molecule has 4 nitrogen and oxygen atoms in total. The van der Waals surface area contributed by atoms with Gasteiger partial charge in [0.25, 0.3) is 0 Å². The number of rotatable bonds is 18. The van der Waals surface area contributed by atoms with Gasteiger partial charge in [-0.25, -0.2) is 0 Å². The third-order valence-corrected chi connectivity index (χ3v) is 6.87. The highest BCUT2D eigenvalue weighted by Crippen LogP contribution is 2.18. The van der Waals surface area contributed by atoms with Crippen molar-refractivity contribution in [2.75, 3.05) is 26.2 Å². The molecule has 39 heavy (non-hydrogen) atoms. The van der Waals surface area contributed by atoms with Crippen LogP contribution in [0, 0.1) is 0 Å². The van der Waals surface area contributed by atoms with Crippen LogP contribution in [0.15, 0.2) is 91.0 Å². The molecule has 3 aromatic rings. The van der Waals surface area contributed by atoms with Crippen molar-refractivity contribution < 1.29 is 18.4 Å². The van der Waals surface area contributed by atoms with Crippen LogP contribution in [0.1, 0.15) is 79.1 Å². The van der Waals surface area contributed by atoms with E-state index >= 15 is 0 Å². The van der Waals surface area contributed by atoms with E-state index in [2.05, 4.69) is 27.7 Å². The summed E-state index contributed by atoms with van der Waals surface area (Å²) in [6.45, 7) is 15.0. The van der Waals surface area contributed by atoms with Crippen molar-refractivity contribution in [1.29, 1.82) is 0 Å². The van der Waals surface area contributed by atoms with Crippen LogP contribution >= 0.6 is 0 Å². The predicted molar refractivity (Wildman–Crippen MR) is 166 cm³/mol. The Morgan fingerprint density at radius 1 is 0.436 bits per heavy atom. The lowest BCUT2D eigenvalue weighted by Crippen LogP contribution is -2.50. The first kappa shape index (κ1) is 32.3. The van der Waals surface area contributed by atoms with Gasteiger partial charge in [-0.1, -0.05) is 108 Å². The quantitative estimate of drug-likeness (QED) is 0.121. The molecule has 3 aromatic carbocycles. The second-order valence-electron chi connectivity index (χ2n) is 10.2. The molecule has 0 aliphatic rings. The Hall–Kier alpha value is -2.92. The second kappa shape index (κ2) is 20.1. The highest BCUT2D eigenvalue weighted by Gasteiger charge is 2.30. The molecule has 212 valence electrons. The Kier molecular flexibility index (Phi) is 16.6. The first-order valence-corrected chi connectivity index (χ1v) is 15.1. The molecular formula is C34H51BNO3+. The molecule has 0 bridgehead atoms. The van der Waals surface area contributed by atoms with Gasteiger partial charge in [0, 0.05) is 0 Å². The highest BCUT2D eigenvalue weighted by atomic mass is 16.7. The zero-order valence-electron chi connectivity index (χ0n) is 24.9. The lowest BCUT2D eigenvalue weighted by atomic mass is 10.1. The monoisotopic (exact) mass is 532 g/mol. The summed E-state index contributed by atoms with van der Waals surface area (Å²) in [6.07, 6.45) is 11.1. The van der Waals surface area contributed by atoms with Crippen molar-refractivity contribution in [2.45, 2.75) is 79.1 Å². The van der Waals surface area contributed by atoms with E-state index in [0.717, 1.165) is 0 Å². The molecular weight excluding hydrogens is 481 g/mol. The minimum absolute atomic E-state index is 0.680. The first-order chi connectivity index (χ1) is 19.1. The third-order valence-electron chi connectivity index (χ3n) is 6.87. The number of hydrogen-bond donors (Lipinski definition) is 0. The Balaban J connectivity index is 0.000000285. The van der Waals surface area contributed by atoms with Gasteiger partial charge in [-0.05, 0) is 62.1 Å². The van der Waals surface area contributed by atoms with Crippen molar-refractivity contribution in [3.63, 3.8) is 0 Å². The van der Waals surface area contributed by atoms with Gasteiger partial charge in [0.05, 0.1) is 26.2 Å². The van der Waals surface area contributed by atoms with Gasteiger partial charge in [0.2, 0.25) is 0 Å². The molecule has 0 unspecified atom stereocenters. The fourth-order valence-corrected chi connectivity index (χ4v) is 4.55. The van der Waals surface area contributed by atoms with Crippen LogP contribution in [0.3, 0.4) is 0 Å². The molecule has 0 aliphatic heterocycles. The largest absolute Gasteiger partial charge is 0.864 e. The molecule has 0 radical (unpaired) electrons. The molecule has 0 saturated carbocycles. The first-order valence-electron chi connectivity index (χ1n) is 15.1. The fourth-order valence-electron chi connectivity index (χ4n) is 4.55. The van der Waals surface area contributed by atoms with E-state index in [1.807, 2.05) is 91.0 Å². The van der Waals surface area contributed by atoms with Crippen molar-refractivity contribution in [2.24, 2.45) is 0 Å². The van der Waals surface area contributed by atoms with Crippen molar-refractivity contribution in [3.8, 4) is 17.2 Å². The Bertz CT molecular complexity index is 820. The molecule has 0 atom stereocenters. The Morgan fingerprint density at radius 3 is 0.923 bits per heavy atom. The molecule has 0 fully saturated rings. The maximum absolute atomic E-state index is 5.78. The summed E-state index contributed by atoms with van der Waals surface area (Å²) < 4.78 is 18.8. The van der Waals surface area contributed by atoms with E-state index in [9.17, 15) is 0 Å². The van der Waals surface area contributed by atoms with E-state index in [1.54, 1.807) is 0 Å². The molecule has 0 saturated heterocycles. The van der Waals surface area contributed by atoms with Crippen LogP contribution < -0.4 is 14.0 Å². The summed E-state index contributed by atoms with van der Waals surface area (Å²) in [7, 11) is -0.868. The van der Waals surface area contributed by atoms with Gasteiger partial charge in [-0.15, -0.1) is 0 Å². The van der Waals surface area contributed by atoms with E-state index in [-0.39, 0.29) is 0 Å². The molecule has 0 aliphatic carbocycles. The Morgan fingerprint density at radius 2 is 0.692 bits per heavy atom. The molecule has 0 aromatic heterocycles. The van der Waals surface area contributed by atoms with Crippen LogP contribution in [0.25, 0.3) is 0 Å². The second-order valence-corrected chi connectivity index (χ2v) is 10.2. The smallest absolute Gasteiger partial charge is 0.490 e. The van der Waals surface area contributed by atoms with Crippen LogP contribution in [0.4, 0.5) is 0 Å². The molecule has 0 spiro atoms. The number of hydrogen-bond acceptors (Lipinski definition) is 3. The SMILES string of the molecule is CCCC[N+](CCCC)(CCCC)CCCC.c1ccc(OB(Oc2ccccc2)Oc2ccccc2)cc1. The zero-order chi connectivity index (χ0) is 28.0. The van der Waals surface area contributed by atoms with Crippen molar-refractivity contribution in [3.05, 3.63) is 91.0 Å². The number of benzene rings is 3. The van der Waals surface area contributed by atoms with Gasteiger partial charge in [0.1, 0.15) is 17.2 Å². The Labute approximate surface area is 239 Å². The van der Waals surface area contributed by atoms with Gasteiger partial charge < -0.3 is 18.4 Å².